The lowest BCUT2D eigenvalue weighted by Crippen LogP contribution is -2.38. The van der Waals surface area contributed by atoms with Crippen molar-refractivity contribution in [1.82, 2.24) is 14.9 Å². The standard InChI is InChI=1S/C18H28N4O2/c1-14(2)24-13-15(23)12-21-8-5-9-22(11-10-21)18-19-16-6-3-4-7-17(16)20-18/h3-4,6-7,14-15,23H,5,8-13H2,1-2H3,(H,19,20)/t15-/m0/s1. The van der Waals surface area contributed by atoms with Crippen LogP contribution >= 0.6 is 0 Å². The van der Waals surface area contributed by atoms with Gasteiger partial charge in [-0.25, -0.2) is 4.98 Å². The number of β-amino-alcohol motifs (C(OH)–C–C–N with tert-alkyl or cyclic N) is 1. The van der Waals surface area contributed by atoms with Crippen molar-refractivity contribution in [2.45, 2.75) is 32.5 Å². The number of hydrogen-bond donors (Lipinski definition) is 2. The van der Waals surface area contributed by atoms with Crippen molar-refractivity contribution in [3.05, 3.63) is 24.3 Å². The number of anilines is 1. The summed E-state index contributed by atoms with van der Waals surface area (Å²) in [4.78, 5) is 12.7. The van der Waals surface area contributed by atoms with Gasteiger partial charge in [-0.1, -0.05) is 12.1 Å². The van der Waals surface area contributed by atoms with Gasteiger partial charge in [-0.3, -0.25) is 4.90 Å². The zero-order valence-corrected chi connectivity index (χ0v) is 14.6. The molecule has 1 aliphatic rings. The first kappa shape index (κ1) is 17.2. The average molecular weight is 332 g/mol. The molecular weight excluding hydrogens is 304 g/mol. The highest BCUT2D eigenvalue weighted by molar-refractivity contribution is 5.77. The number of ether oxygens (including phenoxy) is 1. The zero-order valence-electron chi connectivity index (χ0n) is 14.6. The van der Waals surface area contributed by atoms with Crippen molar-refractivity contribution >= 4 is 17.0 Å². The minimum atomic E-state index is -0.426. The largest absolute Gasteiger partial charge is 0.389 e. The molecule has 1 aromatic carbocycles. The van der Waals surface area contributed by atoms with Gasteiger partial charge in [0.25, 0.3) is 0 Å². The molecule has 1 atom stereocenters. The van der Waals surface area contributed by atoms with Crippen molar-refractivity contribution in [3.63, 3.8) is 0 Å². The first-order chi connectivity index (χ1) is 11.6. The molecule has 1 fully saturated rings. The van der Waals surface area contributed by atoms with E-state index in [-0.39, 0.29) is 6.10 Å². The van der Waals surface area contributed by atoms with Gasteiger partial charge in [0.2, 0.25) is 5.95 Å². The highest BCUT2D eigenvalue weighted by Gasteiger charge is 2.19. The van der Waals surface area contributed by atoms with Crippen LogP contribution in [0, 0.1) is 0 Å². The second-order valence-electron chi connectivity index (χ2n) is 6.75. The number of rotatable bonds is 6. The van der Waals surface area contributed by atoms with Gasteiger partial charge in [0.05, 0.1) is 29.8 Å². The molecule has 0 radical (unpaired) electrons. The molecule has 2 N–H and O–H groups in total. The quantitative estimate of drug-likeness (QED) is 0.845. The smallest absolute Gasteiger partial charge is 0.203 e. The van der Waals surface area contributed by atoms with Crippen LogP contribution in [-0.4, -0.2) is 71.5 Å². The number of fused-ring (bicyclic) bond motifs is 1. The molecule has 1 saturated heterocycles. The maximum Gasteiger partial charge on any atom is 0.203 e. The van der Waals surface area contributed by atoms with Gasteiger partial charge in [0.1, 0.15) is 0 Å². The van der Waals surface area contributed by atoms with Crippen molar-refractivity contribution in [1.29, 1.82) is 0 Å². The number of aliphatic hydroxyl groups excluding tert-OH is 1. The van der Waals surface area contributed by atoms with E-state index in [0.29, 0.717) is 13.2 Å². The van der Waals surface area contributed by atoms with Crippen LogP contribution in [0.25, 0.3) is 11.0 Å². The van der Waals surface area contributed by atoms with E-state index in [9.17, 15) is 5.11 Å². The highest BCUT2D eigenvalue weighted by atomic mass is 16.5. The number of benzene rings is 1. The summed E-state index contributed by atoms with van der Waals surface area (Å²) < 4.78 is 5.50. The zero-order chi connectivity index (χ0) is 16.9. The molecule has 24 heavy (non-hydrogen) atoms. The molecule has 2 heterocycles. The Bertz CT molecular complexity index is 610. The third-order valence-electron chi connectivity index (χ3n) is 4.36. The van der Waals surface area contributed by atoms with E-state index in [0.717, 1.165) is 49.6 Å². The molecule has 0 aliphatic carbocycles. The minimum Gasteiger partial charge on any atom is -0.389 e. The first-order valence-corrected chi connectivity index (χ1v) is 8.83. The second-order valence-corrected chi connectivity index (χ2v) is 6.75. The number of nitrogens with one attached hydrogen (secondary N) is 1. The van der Waals surface area contributed by atoms with E-state index in [2.05, 4.69) is 20.9 Å². The SMILES string of the molecule is CC(C)OC[C@@H](O)CN1CCCN(c2nc3ccccc3[nH]2)CC1. The molecule has 1 aliphatic heterocycles. The van der Waals surface area contributed by atoms with E-state index in [1.807, 2.05) is 32.0 Å². The third-order valence-corrected chi connectivity index (χ3v) is 4.36. The molecule has 0 unspecified atom stereocenters. The van der Waals surface area contributed by atoms with E-state index in [1.165, 1.54) is 0 Å². The van der Waals surface area contributed by atoms with Crippen LogP contribution in [0.5, 0.6) is 0 Å². The fourth-order valence-corrected chi connectivity index (χ4v) is 3.11. The summed E-state index contributed by atoms with van der Waals surface area (Å²) in [6.07, 6.45) is 0.798. The van der Waals surface area contributed by atoms with Crippen LogP contribution in [0.15, 0.2) is 24.3 Å². The van der Waals surface area contributed by atoms with E-state index in [1.54, 1.807) is 0 Å². The monoisotopic (exact) mass is 332 g/mol. The normalized spacial score (nSPS) is 18.2. The Balaban J connectivity index is 1.54. The van der Waals surface area contributed by atoms with Crippen molar-refractivity contribution in [3.8, 4) is 0 Å². The summed E-state index contributed by atoms with van der Waals surface area (Å²) in [7, 11) is 0. The Morgan fingerprint density at radius 1 is 1.21 bits per heavy atom. The molecule has 2 aromatic rings. The molecule has 132 valence electrons. The number of aromatic amines is 1. The lowest BCUT2D eigenvalue weighted by Gasteiger charge is -2.24. The second kappa shape index (κ2) is 7.96. The van der Waals surface area contributed by atoms with Gasteiger partial charge in [0, 0.05) is 26.2 Å². The number of hydrogen-bond acceptors (Lipinski definition) is 5. The summed E-state index contributed by atoms with van der Waals surface area (Å²) in [5, 5.41) is 10.1. The van der Waals surface area contributed by atoms with Gasteiger partial charge >= 0.3 is 0 Å². The molecule has 1 aromatic heterocycles. The number of aliphatic hydroxyl groups is 1. The number of imidazole rings is 1. The van der Waals surface area contributed by atoms with Crippen LogP contribution in [0.4, 0.5) is 5.95 Å². The van der Waals surface area contributed by atoms with Gasteiger partial charge in [-0.05, 0) is 38.9 Å². The predicted molar refractivity (Wildman–Crippen MR) is 96.5 cm³/mol. The number of nitrogens with zero attached hydrogens (tertiary/aromatic N) is 3. The maximum absolute atomic E-state index is 10.1. The van der Waals surface area contributed by atoms with Gasteiger partial charge in [-0.2, -0.15) is 0 Å². The maximum atomic E-state index is 10.1. The Kier molecular flexibility index (Phi) is 5.71. The first-order valence-electron chi connectivity index (χ1n) is 8.83. The van der Waals surface area contributed by atoms with Gasteiger partial charge in [0.15, 0.2) is 0 Å². The van der Waals surface area contributed by atoms with Crippen molar-refractivity contribution in [2.24, 2.45) is 0 Å². The number of para-hydroxylation sites is 2. The Hall–Kier alpha value is -1.63. The fraction of sp³-hybridized carbons (Fsp3) is 0.611. The minimum absolute atomic E-state index is 0.160. The van der Waals surface area contributed by atoms with E-state index in [4.69, 9.17) is 9.72 Å². The van der Waals surface area contributed by atoms with Crippen molar-refractivity contribution in [2.75, 3.05) is 44.2 Å². The summed E-state index contributed by atoms with van der Waals surface area (Å²) in [5.41, 5.74) is 2.09. The van der Waals surface area contributed by atoms with E-state index < -0.39 is 6.10 Å². The van der Waals surface area contributed by atoms with Crippen LogP contribution in [0.2, 0.25) is 0 Å². The average Bonchev–Trinajstić information content (AvgIpc) is 2.86. The summed E-state index contributed by atoms with van der Waals surface area (Å²) in [6, 6.07) is 8.12. The molecule has 6 heteroatoms. The van der Waals surface area contributed by atoms with Crippen LogP contribution < -0.4 is 4.90 Å². The van der Waals surface area contributed by atoms with Gasteiger partial charge in [-0.15, -0.1) is 0 Å². The molecular formula is C18H28N4O2. The molecule has 3 rings (SSSR count). The molecule has 0 spiro atoms. The highest BCUT2D eigenvalue weighted by Crippen LogP contribution is 2.18. The Morgan fingerprint density at radius 2 is 2.04 bits per heavy atom. The number of H-pyrrole nitrogens is 1. The Labute approximate surface area is 143 Å². The molecule has 0 amide bonds. The van der Waals surface area contributed by atoms with Crippen LogP contribution in [-0.2, 0) is 4.74 Å². The summed E-state index contributed by atoms with van der Waals surface area (Å²) in [6.45, 7) is 8.87. The molecule has 6 nitrogen and oxygen atoms in total. The lowest BCUT2D eigenvalue weighted by atomic mass is 10.3. The molecule has 0 saturated carbocycles. The van der Waals surface area contributed by atoms with Crippen LogP contribution in [0.3, 0.4) is 0 Å². The summed E-state index contributed by atoms with van der Waals surface area (Å²) in [5.74, 6) is 0.946. The Morgan fingerprint density at radius 3 is 2.83 bits per heavy atom. The van der Waals surface area contributed by atoms with E-state index >= 15 is 0 Å². The molecule has 0 bridgehead atoms. The fourth-order valence-electron chi connectivity index (χ4n) is 3.11. The topological polar surface area (TPSA) is 64.6 Å². The van der Waals surface area contributed by atoms with Crippen molar-refractivity contribution < 1.29 is 9.84 Å². The van der Waals surface area contributed by atoms with Gasteiger partial charge < -0.3 is 19.7 Å². The lowest BCUT2D eigenvalue weighted by molar-refractivity contribution is -0.00767. The summed E-state index contributed by atoms with van der Waals surface area (Å²) >= 11 is 0. The number of aromatic nitrogens is 2. The third kappa shape index (κ3) is 4.47. The van der Waals surface area contributed by atoms with Crippen LogP contribution in [0.1, 0.15) is 20.3 Å². The predicted octanol–water partition coefficient (Wildman–Crippen LogP) is 1.86.